The quantitative estimate of drug-likeness (QED) is 0.200. The molecule has 4 aromatic rings. The average molecular weight is 683 g/mol. The molecule has 1 aliphatic rings. The summed E-state index contributed by atoms with van der Waals surface area (Å²) in [5.41, 5.74) is 1.20. The number of amides is 2. The van der Waals surface area contributed by atoms with Crippen molar-refractivity contribution >= 4 is 52.1 Å². The number of ether oxygens (including phenoxy) is 1. The molecule has 1 saturated heterocycles. The Bertz CT molecular complexity index is 1830. The number of alkyl carbamates (subject to hydrolysis) is 1. The molecule has 0 aliphatic carbocycles. The molecule has 0 radical (unpaired) electrons. The fraction of sp³-hybridized carbons (Fsp3) is 0.484. The number of fused-ring (bicyclic) bond motifs is 1. The van der Waals surface area contributed by atoms with Crippen LogP contribution in [0.25, 0.3) is 17.8 Å². The lowest BCUT2D eigenvalue weighted by Gasteiger charge is -2.34. The number of carbonyl (C=O) groups excluding carboxylic acids is 2. The maximum Gasteiger partial charge on any atom is 0.407 e. The second-order valence-electron chi connectivity index (χ2n) is 13.3. The number of aromatic amines is 1. The standard InChI is InChI=1S/C31H40FN11O4S/c1-31(2,3)23-19-48-29(34-23)36-27(44)20-10-14-42-25(17-20)35-26(22(28(42)45)8-9-24-37-39-40-38-24)41-13-6-7-21(18-41)47-30(46)33-12-16-43(4,5)15-11-32/h8-10,14,17,19,21H,6-7,11-13,15-16,18H2,1-5H3,(H2-,33,34,36,37,38,39,40,44,46)/p+1/t21-/m1/s1. The van der Waals surface area contributed by atoms with E-state index < -0.39 is 18.9 Å². The molecule has 1 fully saturated rings. The molecule has 17 heteroatoms. The summed E-state index contributed by atoms with van der Waals surface area (Å²) in [4.78, 5) is 51.0. The third-order valence-corrected chi connectivity index (χ3v) is 8.76. The van der Waals surface area contributed by atoms with E-state index in [0.29, 0.717) is 72.4 Å². The smallest absolute Gasteiger partial charge is 0.407 e. The van der Waals surface area contributed by atoms with Gasteiger partial charge in [0.2, 0.25) is 0 Å². The molecule has 0 bridgehead atoms. The molecule has 0 unspecified atom stereocenters. The maximum atomic E-state index is 13.9. The molecular weight excluding hydrogens is 641 g/mol. The van der Waals surface area contributed by atoms with Crippen LogP contribution in [0.15, 0.2) is 28.5 Å². The van der Waals surface area contributed by atoms with Gasteiger partial charge in [0.05, 0.1) is 45.0 Å². The number of H-pyrrole nitrogens is 1. The van der Waals surface area contributed by atoms with Crippen molar-refractivity contribution in [2.24, 2.45) is 0 Å². The molecule has 0 saturated carbocycles. The average Bonchev–Trinajstić information content (AvgIpc) is 3.73. The number of anilines is 2. The summed E-state index contributed by atoms with van der Waals surface area (Å²) >= 11 is 1.34. The minimum atomic E-state index is -0.558. The largest absolute Gasteiger partial charge is 0.444 e. The summed E-state index contributed by atoms with van der Waals surface area (Å²) in [6.07, 6.45) is 4.97. The van der Waals surface area contributed by atoms with Crippen LogP contribution in [-0.2, 0) is 10.2 Å². The highest BCUT2D eigenvalue weighted by molar-refractivity contribution is 7.14. The van der Waals surface area contributed by atoms with Gasteiger partial charge < -0.3 is 19.4 Å². The molecule has 5 rings (SSSR count). The fourth-order valence-corrected chi connectivity index (χ4v) is 6.07. The van der Waals surface area contributed by atoms with E-state index in [0.717, 1.165) is 5.69 Å². The second-order valence-corrected chi connectivity index (χ2v) is 14.1. The number of carbonyl (C=O) groups is 2. The van der Waals surface area contributed by atoms with Gasteiger partial charge in [-0.2, -0.15) is 0 Å². The van der Waals surface area contributed by atoms with Crippen LogP contribution in [0.1, 0.15) is 61.1 Å². The zero-order chi connectivity index (χ0) is 34.5. The van der Waals surface area contributed by atoms with Crippen LogP contribution in [0.4, 0.5) is 20.1 Å². The predicted molar refractivity (Wildman–Crippen MR) is 181 cm³/mol. The summed E-state index contributed by atoms with van der Waals surface area (Å²) in [6, 6.07) is 3.11. The van der Waals surface area contributed by atoms with Crippen molar-refractivity contribution in [1.82, 2.24) is 40.3 Å². The van der Waals surface area contributed by atoms with Crippen LogP contribution in [0, 0.1) is 0 Å². The number of hydrogen-bond acceptors (Lipinski definition) is 11. The minimum absolute atomic E-state index is 0.157. The molecule has 1 atom stereocenters. The Morgan fingerprint density at radius 1 is 1.23 bits per heavy atom. The summed E-state index contributed by atoms with van der Waals surface area (Å²) in [6.45, 7) is 7.82. The zero-order valence-corrected chi connectivity index (χ0v) is 28.5. The van der Waals surface area contributed by atoms with Crippen LogP contribution < -0.4 is 21.1 Å². The first-order valence-corrected chi connectivity index (χ1v) is 16.5. The summed E-state index contributed by atoms with van der Waals surface area (Å²) in [5.74, 6) is 0.336. The van der Waals surface area contributed by atoms with Crippen molar-refractivity contribution in [3.05, 3.63) is 56.7 Å². The third-order valence-electron chi connectivity index (χ3n) is 8.00. The van der Waals surface area contributed by atoms with E-state index in [4.69, 9.17) is 9.72 Å². The number of pyridine rings is 1. The van der Waals surface area contributed by atoms with Gasteiger partial charge in [0.25, 0.3) is 11.5 Å². The van der Waals surface area contributed by atoms with Gasteiger partial charge >= 0.3 is 6.09 Å². The van der Waals surface area contributed by atoms with Crippen molar-refractivity contribution in [3.8, 4) is 0 Å². The van der Waals surface area contributed by atoms with Crippen molar-refractivity contribution < 1.29 is 23.2 Å². The molecule has 256 valence electrons. The monoisotopic (exact) mass is 682 g/mol. The van der Waals surface area contributed by atoms with Crippen molar-refractivity contribution in [3.63, 3.8) is 0 Å². The van der Waals surface area contributed by atoms with Crippen molar-refractivity contribution in [1.29, 1.82) is 0 Å². The van der Waals surface area contributed by atoms with Gasteiger partial charge in [-0.25, -0.2) is 24.3 Å². The van der Waals surface area contributed by atoms with E-state index in [1.807, 2.05) is 45.1 Å². The van der Waals surface area contributed by atoms with E-state index in [1.165, 1.54) is 21.9 Å². The number of alkyl halides is 1. The second kappa shape index (κ2) is 14.6. The Morgan fingerprint density at radius 2 is 2.04 bits per heavy atom. The molecule has 0 aromatic carbocycles. The number of aromatic nitrogens is 7. The van der Waals surface area contributed by atoms with Crippen LogP contribution in [0.5, 0.6) is 0 Å². The Morgan fingerprint density at radius 3 is 2.75 bits per heavy atom. The van der Waals surface area contributed by atoms with Gasteiger partial charge in [-0.1, -0.05) is 20.8 Å². The maximum absolute atomic E-state index is 13.9. The zero-order valence-electron chi connectivity index (χ0n) is 27.7. The van der Waals surface area contributed by atoms with Gasteiger partial charge in [-0.05, 0) is 47.6 Å². The molecular formula is C31H41FN11O4S+. The highest BCUT2D eigenvalue weighted by Crippen LogP contribution is 2.27. The molecule has 15 nitrogen and oxygen atoms in total. The summed E-state index contributed by atoms with van der Waals surface area (Å²) in [5, 5.41) is 21.6. The number of thiazole rings is 1. The first-order valence-electron chi connectivity index (χ1n) is 15.7. The van der Waals surface area contributed by atoms with Crippen LogP contribution >= 0.6 is 11.3 Å². The SMILES string of the molecule is CC(C)(C)c1csc(NC(=O)c2ccn3c(=O)c(C=Cc4nnn[nH]4)c(N4CCC[C@@H](OC(=O)NCC[N+](C)(C)CCF)C4)nc3c2)n1. The van der Waals surface area contributed by atoms with Crippen molar-refractivity contribution in [2.45, 2.75) is 45.1 Å². The number of hydrogen-bond donors (Lipinski definition) is 3. The van der Waals surface area contributed by atoms with Gasteiger partial charge in [-0.3, -0.25) is 19.3 Å². The third kappa shape index (κ3) is 8.57. The van der Waals surface area contributed by atoms with Crippen LogP contribution in [-0.4, -0.2) is 111 Å². The highest BCUT2D eigenvalue weighted by Gasteiger charge is 2.27. The normalized spacial score (nSPS) is 15.6. The number of nitrogens with one attached hydrogen (secondary N) is 3. The van der Waals surface area contributed by atoms with E-state index in [2.05, 4.69) is 36.2 Å². The Labute approximate surface area is 280 Å². The first kappa shape index (κ1) is 34.6. The Kier molecular flexibility index (Phi) is 10.5. The molecule has 2 amide bonds. The molecule has 1 aliphatic heterocycles. The lowest BCUT2D eigenvalue weighted by molar-refractivity contribution is -0.888. The van der Waals surface area contributed by atoms with E-state index in [-0.39, 0.29) is 28.1 Å². The number of likely N-dealkylation sites (N-methyl/N-ethyl adjacent to an activating group) is 1. The summed E-state index contributed by atoms with van der Waals surface area (Å²) < 4.78 is 20.3. The van der Waals surface area contributed by atoms with Gasteiger partial charge in [0.15, 0.2) is 11.0 Å². The lowest BCUT2D eigenvalue weighted by Crippen LogP contribution is -2.47. The fourth-order valence-electron chi connectivity index (χ4n) is 5.13. The number of piperidine rings is 1. The molecule has 5 heterocycles. The Hall–Kier alpha value is -4.77. The number of tetrazole rings is 1. The van der Waals surface area contributed by atoms with Crippen LogP contribution in [0.3, 0.4) is 0 Å². The number of quaternary nitrogens is 1. The van der Waals surface area contributed by atoms with Gasteiger partial charge in [-0.15, -0.1) is 16.4 Å². The van der Waals surface area contributed by atoms with E-state index >= 15 is 0 Å². The topological polar surface area (TPSA) is 172 Å². The minimum Gasteiger partial charge on any atom is -0.444 e. The first-order chi connectivity index (χ1) is 22.8. The van der Waals surface area contributed by atoms with Gasteiger partial charge in [0, 0.05) is 29.1 Å². The molecule has 3 N–H and O–H groups in total. The van der Waals surface area contributed by atoms with E-state index in [1.54, 1.807) is 24.3 Å². The number of nitrogens with zero attached hydrogens (tertiary/aromatic N) is 8. The molecule has 4 aromatic heterocycles. The summed E-state index contributed by atoms with van der Waals surface area (Å²) in [7, 11) is 3.79. The molecule has 0 spiro atoms. The van der Waals surface area contributed by atoms with E-state index in [9.17, 15) is 18.8 Å². The number of rotatable bonds is 11. The van der Waals surface area contributed by atoms with Gasteiger partial charge in [0.1, 0.15) is 30.8 Å². The number of halogens is 1. The van der Waals surface area contributed by atoms with Crippen LogP contribution in [0.2, 0.25) is 0 Å². The molecule has 48 heavy (non-hydrogen) atoms. The van der Waals surface area contributed by atoms with Crippen molar-refractivity contribution in [2.75, 3.05) is 63.7 Å². The Balaban J connectivity index is 1.39. The lowest BCUT2D eigenvalue weighted by atomic mass is 9.93. The highest BCUT2D eigenvalue weighted by atomic mass is 32.1. The predicted octanol–water partition coefficient (Wildman–Crippen LogP) is 3.13.